The van der Waals surface area contributed by atoms with Gasteiger partial charge in [0.1, 0.15) is 20.9 Å². The average Bonchev–Trinajstić information content (AvgIpc) is 3.45. The zero-order valence-corrected chi connectivity index (χ0v) is 22.7. The molecule has 0 N–H and O–H groups in total. The van der Waals surface area contributed by atoms with Gasteiger partial charge in [-0.05, 0) is 102 Å². The minimum Gasteiger partial charge on any atom is -0.469 e. The Balaban J connectivity index is 1.13. The van der Waals surface area contributed by atoms with Crippen molar-refractivity contribution in [1.82, 2.24) is 4.90 Å². The smallest absolute Gasteiger partial charge is 0.245 e. The molecule has 4 bridgehead atoms. The predicted molar refractivity (Wildman–Crippen MR) is 151 cm³/mol. The third-order valence-electron chi connectivity index (χ3n) is 10.3. The number of hydrogen-bond donors (Lipinski definition) is 0. The summed E-state index contributed by atoms with van der Waals surface area (Å²) in [5, 5.41) is 2.10. The van der Waals surface area contributed by atoms with Crippen molar-refractivity contribution in [3.63, 3.8) is 0 Å². The molecule has 1 amide bonds. The number of amides is 1. The molecule has 5 aliphatic carbocycles. The summed E-state index contributed by atoms with van der Waals surface area (Å²) in [6, 6.07) is 13.1. The van der Waals surface area contributed by atoms with Gasteiger partial charge in [0.25, 0.3) is 0 Å². The van der Waals surface area contributed by atoms with Crippen LogP contribution in [0.2, 0.25) is 0 Å². The number of benzene rings is 2. The molecule has 2 heterocycles. The number of nitrogens with zero attached hydrogens (tertiary/aromatic N) is 1. The van der Waals surface area contributed by atoms with Crippen LogP contribution in [0.5, 0.6) is 0 Å². The second-order valence-electron chi connectivity index (χ2n) is 12.3. The number of thioether (sulfide) groups is 1. The lowest BCUT2D eigenvalue weighted by molar-refractivity contribution is -0.170. The highest BCUT2D eigenvalue weighted by atomic mass is 32.2. The number of carbonyl (C=O) groups excluding carboxylic acids is 1. The SMILES string of the molecule is CN1C(=O)C(c2ccc3cc(C4=CC=C5OCOC5(C56CC7CC(CC(C7)C5)C6)C4)ccc3c2)SC1=S. The Morgan fingerprint density at radius 2 is 1.68 bits per heavy atom. The first kappa shape index (κ1) is 22.8. The van der Waals surface area contributed by atoms with E-state index in [2.05, 4.69) is 48.6 Å². The number of likely N-dealkylation sites (N-methyl/N-ethyl adjacent to an activating group) is 1. The molecule has 9 rings (SSSR count). The Labute approximate surface area is 227 Å². The third kappa shape index (κ3) is 3.25. The fraction of sp³-hybridized carbons (Fsp3) is 0.484. The molecule has 0 spiro atoms. The summed E-state index contributed by atoms with van der Waals surface area (Å²) in [5.74, 6) is 3.75. The first-order valence-electron chi connectivity index (χ1n) is 13.6. The zero-order chi connectivity index (χ0) is 24.9. The van der Waals surface area contributed by atoms with Crippen molar-refractivity contribution >= 4 is 50.6 Å². The fourth-order valence-corrected chi connectivity index (χ4v) is 10.3. The lowest BCUT2D eigenvalue weighted by Gasteiger charge is -2.62. The first-order chi connectivity index (χ1) is 17.9. The fourth-order valence-electron chi connectivity index (χ4n) is 8.94. The van der Waals surface area contributed by atoms with Crippen LogP contribution in [0.3, 0.4) is 0 Å². The molecule has 2 aromatic rings. The number of rotatable bonds is 3. The lowest BCUT2D eigenvalue weighted by Crippen LogP contribution is -2.59. The molecule has 2 atom stereocenters. The summed E-state index contributed by atoms with van der Waals surface area (Å²) < 4.78 is 13.5. The standard InChI is InChI=1S/C31H31NO3S2/c1-32-28(33)27(37-29(32)36)24-5-4-21-11-23(3-2-22(21)12-24)25-6-7-26-31(16-25,35-17-34-26)30-13-18-8-19(14-30)10-20(9-18)15-30/h2-7,11-12,18-20,27H,8-10,13-17H2,1H3. The average molecular weight is 530 g/mol. The van der Waals surface area contributed by atoms with Gasteiger partial charge in [0.2, 0.25) is 5.91 Å². The Hall–Kier alpha value is -2.15. The zero-order valence-electron chi connectivity index (χ0n) is 21.1. The molecule has 0 aromatic heterocycles. The number of hydrogen-bond acceptors (Lipinski definition) is 5. The molecule has 2 aliphatic heterocycles. The minimum absolute atomic E-state index is 0.0645. The maximum atomic E-state index is 12.6. The van der Waals surface area contributed by atoms with Crippen LogP contribution in [0, 0.1) is 23.2 Å². The number of carbonyl (C=O) groups is 1. The summed E-state index contributed by atoms with van der Waals surface area (Å²) in [4.78, 5) is 14.2. The van der Waals surface area contributed by atoms with Crippen LogP contribution >= 0.6 is 24.0 Å². The molecule has 4 nitrogen and oxygen atoms in total. The molecule has 4 saturated carbocycles. The van der Waals surface area contributed by atoms with E-state index in [0.29, 0.717) is 11.1 Å². The number of allylic oxidation sites excluding steroid dienone is 2. The van der Waals surface area contributed by atoms with Crippen LogP contribution in [0.1, 0.15) is 61.3 Å². The highest BCUT2D eigenvalue weighted by molar-refractivity contribution is 8.24. The van der Waals surface area contributed by atoms with Crippen molar-refractivity contribution < 1.29 is 14.3 Å². The molecule has 2 unspecified atom stereocenters. The Kier molecular flexibility index (Phi) is 4.89. The Bertz CT molecular complexity index is 1390. The summed E-state index contributed by atoms with van der Waals surface area (Å²) >= 11 is 6.81. The van der Waals surface area contributed by atoms with E-state index in [9.17, 15) is 4.79 Å². The molecular weight excluding hydrogens is 498 g/mol. The lowest BCUT2D eigenvalue weighted by atomic mass is 9.44. The number of fused-ring (bicyclic) bond motifs is 2. The van der Waals surface area contributed by atoms with E-state index in [1.165, 1.54) is 66.8 Å². The van der Waals surface area contributed by atoms with Gasteiger partial charge in [0.15, 0.2) is 6.79 Å². The highest BCUT2D eigenvalue weighted by Crippen LogP contribution is 2.68. The number of thiocarbonyl (C=S) groups is 1. The third-order valence-corrected chi connectivity index (χ3v) is 12.0. The molecule has 6 fully saturated rings. The highest BCUT2D eigenvalue weighted by Gasteiger charge is 2.65. The summed E-state index contributed by atoms with van der Waals surface area (Å²) in [7, 11) is 1.76. The topological polar surface area (TPSA) is 38.8 Å². The van der Waals surface area contributed by atoms with E-state index in [4.69, 9.17) is 21.7 Å². The van der Waals surface area contributed by atoms with Crippen molar-refractivity contribution in [2.45, 2.75) is 55.8 Å². The van der Waals surface area contributed by atoms with Crippen molar-refractivity contribution in [2.75, 3.05) is 13.8 Å². The van der Waals surface area contributed by atoms with Gasteiger partial charge in [-0.2, -0.15) is 0 Å². The predicted octanol–water partition coefficient (Wildman–Crippen LogP) is 7.00. The van der Waals surface area contributed by atoms with E-state index in [0.717, 1.165) is 40.9 Å². The maximum absolute atomic E-state index is 12.6. The first-order valence-corrected chi connectivity index (χ1v) is 14.9. The van der Waals surface area contributed by atoms with Crippen LogP contribution < -0.4 is 0 Å². The Morgan fingerprint density at radius 1 is 0.973 bits per heavy atom. The largest absolute Gasteiger partial charge is 0.469 e. The van der Waals surface area contributed by atoms with E-state index in [-0.39, 0.29) is 22.2 Å². The number of ether oxygens (including phenoxy) is 2. The molecule has 2 aromatic carbocycles. The molecule has 37 heavy (non-hydrogen) atoms. The van der Waals surface area contributed by atoms with Crippen LogP contribution in [0.25, 0.3) is 16.3 Å². The molecule has 7 aliphatic rings. The van der Waals surface area contributed by atoms with Gasteiger partial charge >= 0.3 is 0 Å². The quantitative estimate of drug-likeness (QED) is 0.400. The summed E-state index contributed by atoms with van der Waals surface area (Å²) in [6.07, 6.45) is 13.5. The monoisotopic (exact) mass is 529 g/mol. The normalized spacial score (nSPS) is 38.1. The van der Waals surface area contributed by atoms with Crippen molar-refractivity contribution in [3.8, 4) is 0 Å². The minimum atomic E-state index is -0.309. The van der Waals surface area contributed by atoms with Gasteiger partial charge in [0, 0.05) is 18.9 Å². The van der Waals surface area contributed by atoms with Crippen LogP contribution in [-0.4, -0.2) is 34.6 Å². The summed E-state index contributed by atoms with van der Waals surface area (Å²) in [6.45, 7) is 0.381. The summed E-state index contributed by atoms with van der Waals surface area (Å²) in [5.41, 5.74) is 3.51. The van der Waals surface area contributed by atoms with Gasteiger partial charge < -0.3 is 9.47 Å². The van der Waals surface area contributed by atoms with Crippen molar-refractivity contribution in [2.24, 2.45) is 23.2 Å². The van der Waals surface area contributed by atoms with Gasteiger partial charge in [-0.25, -0.2) is 0 Å². The second-order valence-corrected chi connectivity index (χ2v) is 14.1. The molecule has 190 valence electrons. The van der Waals surface area contributed by atoms with Gasteiger partial charge in [-0.15, -0.1) is 0 Å². The second kappa shape index (κ2) is 7.93. The van der Waals surface area contributed by atoms with Crippen LogP contribution in [0.4, 0.5) is 0 Å². The van der Waals surface area contributed by atoms with Crippen molar-refractivity contribution in [1.29, 1.82) is 0 Å². The van der Waals surface area contributed by atoms with E-state index in [1.54, 1.807) is 11.9 Å². The molecule has 6 heteroatoms. The molecule has 2 saturated heterocycles. The van der Waals surface area contributed by atoms with Gasteiger partial charge in [-0.1, -0.05) is 54.3 Å². The van der Waals surface area contributed by atoms with Crippen LogP contribution in [-0.2, 0) is 14.3 Å². The molecular formula is C31H31NO3S2. The van der Waals surface area contributed by atoms with E-state index in [1.807, 2.05) is 0 Å². The van der Waals surface area contributed by atoms with Crippen molar-refractivity contribution in [3.05, 3.63) is 65.4 Å². The maximum Gasteiger partial charge on any atom is 0.245 e. The van der Waals surface area contributed by atoms with E-state index >= 15 is 0 Å². The van der Waals surface area contributed by atoms with Gasteiger partial charge in [-0.3, -0.25) is 9.69 Å². The van der Waals surface area contributed by atoms with Crippen LogP contribution in [0.15, 0.2) is 54.3 Å². The molecule has 0 radical (unpaired) electrons. The van der Waals surface area contributed by atoms with E-state index < -0.39 is 0 Å². The Morgan fingerprint density at radius 3 is 2.38 bits per heavy atom. The van der Waals surface area contributed by atoms with Gasteiger partial charge in [0.05, 0.1) is 0 Å².